The summed E-state index contributed by atoms with van der Waals surface area (Å²) in [5.74, 6) is -0.604. The number of fused-ring (bicyclic) bond motifs is 2. The molecule has 4 aliphatic carbocycles. The van der Waals surface area contributed by atoms with Gasteiger partial charge in [-0.3, -0.25) is 9.59 Å². The van der Waals surface area contributed by atoms with Gasteiger partial charge in [-0.2, -0.15) is 0 Å². The lowest BCUT2D eigenvalue weighted by atomic mass is 9.69. The number of hydrogen-bond donors (Lipinski definition) is 0. The topological polar surface area (TPSA) is 109 Å². The first-order chi connectivity index (χ1) is 19.6. The van der Waals surface area contributed by atoms with E-state index in [0.29, 0.717) is 31.1 Å². The van der Waals surface area contributed by atoms with E-state index in [0.717, 1.165) is 66.4 Å². The standard InChI is InChI=1S/C32H50N2O6S2/c1-6-7-8-9-10-11-12-22(28(36)34-26-19-24-14-16-32(26,30(24,4)5)21-42(34,39)40)17-27(35)33-25-18-23-13-15-31(25,29(23,2)3)20-41(33,37)38/h17,23-26H,6-16,18-21H2,1-5H3/b22-17+/t23-,24-,25-,26-,31-,32-/m1/s1. The normalized spacial score (nSPS) is 39.6. The van der Waals surface area contributed by atoms with E-state index in [-0.39, 0.29) is 34.3 Å². The van der Waals surface area contributed by atoms with Gasteiger partial charge in [-0.15, -0.1) is 0 Å². The highest BCUT2D eigenvalue weighted by molar-refractivity contribution is 7.90. The van der Waals surface area contributed by atoms with Gasteiger partial charge in [-0.05, 0) is 74.0 Å². The Morgan fingerprint density at radius 1 is 0.738 bits per heavy atom. The Kier molecular flexibility index (Phi) is 7.13. The van der Waals surface area contributed by atoms with E-state index in [2.05, 4.69) is 34.6 Å². The number of carbonyl (C=O) groups excluding carboxylic acids is 2. The number of unbranched alkanes of at least 4 members (excludes halogenated alkanes) is 5. The Morgan fingerprint density at radius 2 is 1.21 bits per heavy atom. The third kappa shape index (κ3) is 4.01. The van der Waals surface area contributed by atoms with Gasteiger partial charge in [0.25, 0.3) is 11.8 Å². The van der Waals surface area contributed by atoms with Crippen LogP contribution in [0.1, 0.15) is 118 Å². The first kappa shape index (κ1) is 30.6. The van der Waals surface area contributed by atoms with E-state index >= 15 is 0 Å². The molecule has 6 rings (SSSR count). The van der Waals surface area contributed by atoms with Crippen molar-refractivity contribution in [2.75, 3.05) is 11.5 Å². The third-order valence-corrected chi connectivity index (χ3v) is 17.4. The van der Waals surface area contributed by atoms with E-state index in [1.54, 1.807) is 0 Å². The van der Waals surface area contributed by atoms with E-state index in [1.165, 1.54) is 6.08 Å². The van der Waals surface area contributed by atoms with Crippen molar-refractivity contribution in [1.82, 2.24) is 8.61 Å². The molecule has 2 aliphatic heterocycles. The summed E-state index contributed by atoms with van der Waals surface area (Å²) in [4.78, 5) is 28.2. The lowest BCUT2D eigenvalue weighted by Gasteiger charge is -2.37. The van der Waals surface area contributed by atoms with Gasteiger partial charge in [0.15, 0.2) is 0 Å². The zero-order valence-corrected chi connectivity index (χ0v) is 27.8. The zero-order chi connectivity index (χ0) is 30.5. The highest BCUT2D eigenvalue weighted by Crippen LogP contribution is 2.71. The van der Waals surface area contributed by atoms with Crippen molar-refractivity contribution in [3.8, 4) is 0 Å². The van der Waals surface area contributed by atoms with Crippen molar-refractivity contribution < 1.29 is 26.4 Å². The molecule has 42 heavy (non-hydrogen) atoms. The van der Waals surface area contributed by atoms with Crippen molar-refractivity contribution >= 4 is 31.9 Å². The minimum Gasteiger partial charge on any atom is -0.269 e. The SMILES string of the molecule is CCCCCCCC/C(=C\C(=O)N1[C@@H]2C[C@H]3CC[C@]2(CS1(=O)=O)C3(C)C)C(=O)N1[C@@H]2C[C@H]3CC[C@]2(CS1(=O)=O)C3(C)C. The summed E-state index contributed by atoms with van der Waals surface area (Å²) < 4.78 is 56.7. The molecule has 2 heterocycles. The van der Waals surface area contributed by atoms with Crippen LogP contribution in [-0.2, 0) is 29.6 Å². The van der Waals surface area contributed by atoms with Crippen LogP contribution in [0.5, 0.6) is 0 Å². The number of nitrogens with zero attached hydrogens (tertiary/aromatic N) is 2. The number of sulfonamides is 2. The van der Waals surface area contributed by atoms with Crippen LogP contribution in [-0.4, -0.2) is 60.8 Å². The van der Waals surface area contributed by atoms with E-state index in [4.69, 9.17) is 0 Å². The van der Waals surface area contributed by atoms with Crippen LogP contribution in [0, 0.1) is 33.5 Å². The number of rotatable bonds is 9. The fraction of sp³-hybridized carbons (Fsp3) is 0.875. The molecule has 0 aromatic rings. The van der Waals surface area contributed by atoms with E-state index in [9.17, 15) is 26.4 Å². The monoisotopic (exact) mass is 622 g/mol. The average Bonchev–Trinajstić information content (AvgIpc) is 3.58. The molecule has 2 amide bonds. The summed E-state index contributed by atoms with van der Waals surface area (Å²) in [7, 11) is -7.71. The Morgan fingerprint density at radius 3 is 1.74 bits per heavy atom. The molecule has 4 bridgehead atoms. The summed E-state index contributed by atoms with van der Waals surface area (Å²) in [6.45, 7) is 10.7. The highest BCUT2D eigenvalue weighted by atomic mass is 32.2. The first-order valence-electron chi connectivity index (χ1n) is 16.4. The van der Waals surface area contributed by atoms with Crippen molar-refractivity contribution in [3.63, 3.8) is 0 Å². The van der Waals surface area contributed by atoms with Crippen molar-refractivity contribution in [3.05, 3.63) is 11.6 Å². The maximum absolute atomic E-state index is 14.3. The van der Waals surface area contributed by atoms with Gasteiger partial charge >= 0.3 is 0 Å². The van der Waals surface area contributed by atoms with Gasteiger partial charge < -0.3 is 0 Å². The second kappa shape index (κ2) is 9.79. The molecular formula is C32H50N2O6S2. The van der Waals surface area contributed by atoms with Gasteiger partial charge in [-0.1, -0.05) is 66.7 Å². The molecular weight excluding hydrogens is 572 g/mol. The zero-order valence-electron chi connectivity index (χ0n) is 26.2. The second-order valence-electron chi connectivity index (χ2n) is 15.7. The summed E-state index contributed by atoms with van der Waals surface area (Å²) in [5.41, 5.74) is -1.11. The largest absolute Gasteiger partial charge is 0.269 e. The number of carbonyl (C=O) groups is 2. The van der Waals surface area contributed by atoms with Crippen LogP contribution in [0.15, 0.2) is 11.6 Å². The van der Waals surface area contributed by atoms with Crippen LogP contribution < -0.4 is 0 Å². The summed E-state index contributed by atoms with van der Waals surface area (Å²) >= 11 is 0. The molecule has 6 fully saturated rings. The molecule has 8 nitrogen and oxygen atoms in total. The molecule has 6 aliphatic rings. The molecule has 2 spiro atoms. The minimum atomic E-state index is -3.86. The molecule has 4 saturated carbocycles. The molecule has 2 saturated heterocycles. The van der Waals surface area contributed by atoms with Crippen LogP contribution in [0.2, 0.25) is 0 Å². The first-order valence-corrected chi connectivity index (χ1v) is 19.6. The Labute approximate surface area is 253 Å². The van der Waals surface area contributed by atoms with Crippen LogP contribution in [0.4, 0.5) is 0 Å². The maximum Gasteiger partial charge on any atom is 0.263 e. The fourth-order valence-electron chi connectivity index (χ4n) is 10.8. The summed E-state index contributed by atoms with van der Waals surface area (Å²) in [6.07, 6.45) is 12.2. The van der Waals surface area contributed by atoms with Gasteiger partial charge in [0, 0.05) is 22.5 Å². The molecule has 0 radical (unpaired) electrons. The van der Waals surface area contributed by atoms with Gasteiger partial charge in [-0.25, -0.2) is 25.4 Å². The third-order valence-electron chi connectivity index (χ3n) is 13.6. The lowest BCUT2D eigenvalue weighted by Crippen LogP contribution is -2.45. The van der Waals surface area contributed by atoms with Gasteiger partial charge in [0.1, 0.15) is 0 Å². The van der Waals surface area contributed by atoms with Crippen molar-refractivity contribution in [2.24, 2.45) is 33.5 Å². The molecule has 0 aromatic carbocycles. The average molecular weight is 623 g/mol. The van der Waals surface area contributed by atoms with Crippen molar-refractivity contribution in [2.45, 2.75) is 130 Å². The Balaban J connectivity index is 1.31. The maximum atomic E-state index is 14.3. The van der Waals surface area contributed by atoms with E-state index in [1.807, 2.05) is 0 Å². The van der Waals surface area contributed by atoms with Crippen LogP contribution in [0.3, 0.4) is 0 Å². The van der Waals surface area contributed by atoms with Crippen molar-refractivity contribution in [1.29, 1.82) is 0 Å². The van der Waals surface area contributed by atoms with Gasteiger partial charge in [0.05, 0.1) is 23.6 Å². The molecule has 0 N–H and O–H groups in total. The Hall–Kier alpha value is -1.42. The number of amides is 2. The minimum absolute atomic E-state index is 0.0281. The predicted octanol–water partition coefficient (Wildman–Crippen LogP) is 5.40. The van der Waals surface area contributed by atoms with Crippen LogP contribution in [0.25, 0.3) is 0 Å². The Bertz CT molecular complexity index is 1420. The quantitative estimate of drug-likeness (QED) is 0.252. The smallest absolute Gasteiger partial charge is 0.263 e. The molecule has 6 atom stereocenters. The second-order valence-corrected chi connectivity index (χ2v) is 19.4. The fourth-order valence-corrected chi connectivity index (χ4v) is 15.9. The lowest BCUT2D eigenvalue weighted by molar-refractivity contribution is -0.127. The van der Waals surface area contributed by atoms with Gasteiger partial charge in [0.2, 0.25) is 20.0 Å². The van der Waals surface area contributed by atoms with Crippen LogP contribution >= 0.6 is 0 Å². The number of hydrogen-bond acceptors (Lipinski definition) is 6. The summed E-state index contributed by atoms with van der Waals surface area (Å²) in [6, 6.07) is -0.785. The molecule has 0 unspecified atom stereocenters. The molecule has 236 valence electrons. The molecule has 10 heteroatoms. The molecule has 0 aromatic heterocycles. The summed E-state index contributed by atoms with van der Waals surface area (Å²) in [5, 5.41) is 0. The predicted molar refractivity (Wildman–Crippen MR) is 162 cm³/mol. The van der Waals surface area contributed by atoms with E-state index < -0.39 is 54.8 Å². The highest BCUT2D eigenvalue weighted by Gasteiger charge is 2.73.